The van der Waals surface area contributed by atoms with E-state index in [1.807, 2.05) is 0 Å². The summed E-state index contributed by atoms with van der Waals surface area (Å²) in [6, 6.07) is 9.14. The second kappa shape index (κ2) is 9.68. The third-order valence-electron chi connectivity index (χ3n) is 4.86. The van der Waals surface area contributed by atoms with Crippen molar-refractivity contribution in [3.63, 3.8) is 0 Å². The monoisotopic (exact) mass is 453 g/mol. The Morgan fingerprint density at radius 1 is 1.03 bits per heavy atom. The zero-order valence-corrected chi connectivity index (χ0v) is 17.7. The van der Waals surface area contributed by atoms with Gasteiger partial charge >= 0.3 is 5.97 Å². The Hall–Kier alpha value is -2.29. The summed E-state index contributed by atoms with van der Waals surface area (Å²) < 4.78 is 46.0. The van der Waals surface area contributed by atoms with Crippen molar-refractivity contribution in [2.45, 2.75) is 30.6 Å². The van der Waals surface area contributed by atoms with Crippen LogP contribution in [0.5, 0.6) is 0 Å². The summed E-state index contributed by atoms with van der Waals surface area (Å²) in [6.45, 7) is 0.117. The highest BCUT2D eigenvalue weighted by Gasteiger charge is 2.28. The molecule has 2 aromatic rings. The zero-order valence-electron chi connectivity index (χ0n) is 16.1. The lowest BCUT2D eigenvalue weighted by molar-refractivity contribution is 0.0473. The van der Waals surface area contributed by atoms with E-state index in [1.165, 1.54) is 34.6 Å². The highest BCUT2D eigenvalue weighted by Crippen LogP contribution is 2.28. The number of Topliss-reactive ketones (excluding diaryl/α,β-unsaturated/α-hetero) is 1. The maximum Gasteiger partial charge on any atom is 0.338 e. The number of hydrogen-bond acceptors (Lipinski definition) is 5. The van der Waals surface area contributed by atoms with E-state index in [0.717, 1.165) is 37.8 Å². The maximum absolute atomic E-state index is 13.7. The van der Waals surface area contributed by atoms with E-state index in [1.54, 1.807) is 0 Å². The van der Waals surface area contributed by atoms with Crippen molar-refractivity contribution in [2.75, 3.05) is 19.7 Å². The standard InChI is InChI=1S/C21H21ClFNO5S/c22-17-10-9-15(13-20(17)30(27,28)24-11-5-1-2-6-12-24)21(26)29-14-19(25)16-7-3-4-8-18(16)23/h3-4,7-10,13H,1-2,5-6,11-12,14H2. The van der Waals surface area contributed by atoms with Gasteiger partial charge in [0.2, 0.25) is 15.8 Å². The summed E-state index contributed by atoms with van der Waals surface area (Å²) >= 11 is 6.12. The summed E-state index contributed by atoms with van der Waals surface area (Å²) in [5.74, 6) is -2.31. The SMILES string of the molecule is O=C(OCC(=O)c1ccccc1F)c1ccc(Cl)c(S(=O)(=O)N2CCCCCC2)c1. The maximum atomic E-state index is 13.7. The number of carbonyl (C=O) groups excluding carboxylic acids is 2. The van der Waals surface area contributed by atoms with Crippen molar-refractivity contribution in [1.29, 1.82) is 0 Å². The number of rotatable bonds is 6. The van der Waals surface area contributed by atoms with Gasteiger partial charge in [0.15, 0.2) is 6.61 Å². The lowest BCUT2D eigenvalue weighted by Crippen LogP contribution is -2.32. The van der Waals surface area contributed by atoms with Crippen LogP contribution >= 0.6 is 11.6 Å². The first kappa shape index (κ1) is 22.4. The van der Waals surface area contributed by atoms with Gasteiger partial charge in [-0.05, 0) is 43.2 Å². The Morgan fingerprint density at radius 2 is 1.70 bits per heavy atom. The first-order valence-electron chi connectivity index (χ1n) is 9.55. The number of ketones is 1. The molecule has 1 aliphatic rings. The number of nitrogens with zero attached hydrogens (tertiary/aromatic N) is 1. The average molecular weight is 454 g/mol. The molecule has 0 spiro atoms. The molecule has 0 bridgehead atoms. The van der Waals surface area contributed by atoms with Gasteiger partial charge in [-0.2, -0.15) is 4.31 Å². The van der Waals surface area contributed by atoms with E-state index >= 15 is 0 Å². The topological polar surface area (TPSA) is 80.8 Å². The molecule has 30 heavy (non-hydrogen) atoms. The Bertz CT molecular complexity index is 1050. The fraction of sp³-hybridized carbons (Fsp3) is 0.333. The molecule has 1 heterocycles. The number of carbonyl (C=O) groups is 2. The third kappa shape index (κ3) is 5.06. The first-order chi connectivity index (χ1) is 14.3. The second-order valence-corrected chi connectivity index (χ2v) is 9.26. The van der Waals surface area contributed by atoms with Crippen LogP contribution in [0.4, 0.5) is 4.39 Å². The van der Waals surface area contributed by atoms with Gasteiger partial charge in [0.1, 0.15) is 10.7 Å². The van der Waals surface area contributed by atoms with Crippen LogP contribution in [0.2, 0.25) is 5.02 Å². The van der Waals surface area contributed by atoms with Gasteiger partial charge in [-0.25, -0.2) is 17.6 Å². The fourth-order valence-corrected chi connectivity index (χ4v) is 5.25. The van der Waals surface area contributed by atoms with Crippen LogP contribution in [0.1, 0.15) is 46.4 Å². The quantitative estimate of drug-likeness (QED) is 0.486. The molecule has 1 aliphatic heterocycles. The number of ether oxygens (including phenoxy) is 1. The summed E-state index contributed by atoms with van der Waals surface area (Å²) in [5, 5.41) is -0.00164. The van der Waals surface area contributed by atoms with Crippen LogP contribution in [0.25, 0.3) is 0 Å². The fourth-order valence-electron chi connectivity index (χ4n) is 3.23. The summed E-state index contributed by atoms with van der Waals surface area (Å²) in [7, 11) is -3.87. The van der Waals surface area contributed by atoms with Crippen LogP contribution in [-0.4, -0.2) is 44.2 Å². The van der Waals surface area contributed by atoms with Crippen molar-refractivity contribution in [3.05, 3.63) is 64.4 Å². The summed E-state index contributed by atoms with van der Waals surface area (Å²) in [6.07, 6.45) is 3.44. The number of hydrogen-bond donors (Lipinski definition) is 0. The molecular formula is C21H21ClFNO5S. The smallest absolute Gasteiger partial charge is 0.338 e. The molecular weight excluding hydrogens is 433 g/mol. The first-order valence-corrected chi connectivity index (χ1v) is 11.4. The van der Waals surface area contributed by atoms with Crippen molar-refractivity contribution in [1.82, 2.24) is 4.31 Å². The lowest BCUT2D eigenvalue weighted by atomic mass is 10.1. The van der Waals surface area contributed by atoms with Gasteiger partial charge < -0.3 is 4.74 Å². The minimum atomic E-state index is -3.87. The second-order valence-electron chi connectivity index (χ2n) is 6.94. The molecule has 9 heteroatoms. The van der Waals surface area contributed by atoms with Gasteiger partial charge in [0.05, 0.1) is 16.1 Å². The van der Waals surface area contributed by atoms with E-state index in [-0.39, 0.29) is 21.0 Å². The molecule has 0 aromatic heterocycles. The third-order valence-corrected chi connectivity index (χ3v) is 7.24. The highest BCUT2D eigenvalue weighted by molar-refractivity contribution is 7.89. The lowest BCUT2D eigenvalue weighted by Gasteiger charge is -2.21. The normalized spacial score (nSPS) is 15.4. The number of esters is 1. The zero-order chi connectivity index (χ0) is 21.7. The van der Waals surface area contributed by atoms with Gasteiger partial charge in [0.25, 0.3) is 0 Å². The molecule has 0 radical (unpaired) electrons. The van der Waals surface area contributed by atoms with Gasteiger partial charge in [-0.3, -0.25) is 4.79 Å². The molecule has 160 valence electrons. The largest absolute Gasteiger partial charge is 0.454 e. The number of halogens is 2. The minimum Gasteiger partial charge on any atom is -0.454 e. The Kier molecular flexibility index (Phi) is 7.23. The Morgan fingerprint density at radius 3 is 2.37 bits per heavy atom. The van der Waals surface area contributed by atoms with Crippen molar-refractivity contribution in [3.8, 4) is 0 Å². The minimum absolute atomic E-state index is 0.00164. The van der Waals surface area contributed by atoms with Crippen LogP contribution < -0.4 is 0 Å². The molecule has 3 rings (SSSR count). The van der Waals surface area contributed by atoms with E-state index in [4.69, 9.17) is 16.3 Å². The predicted molar refractivity (Wildman–Crippen MR) is 110 cm³/mol. The molecule has 0 atom stereocenters. The van der Waals surface area contributed by atoms with Crippen molar-refractivity contribution in [2.24, 2.45) is 0 Å². The van der Waals surface area contributed by atoms with Crippen LogP contribution in [0, 0.1) is 5.82 Å². The van der Waals surface area contributed by atoms with Crippen LogP contribution in [0.15, 0.2) is 47.4 Å². The van der Waals surface area contributed by atoms with Crippen molar-refractivity contribution >= 4 is 33.4 Å². The molecule has 1 saturated heterocycles. The molecule has 0 amide bonds. The Labute approximate surface area is 179 Å². The van der Waals surface area contributed by atoms with E-state index in [0.29, 0.717) is 13.1 Å². The average Bonchev–Trinajstić information content (AvgIpc) is 3.02. The summed E-state index contributed by atoms with van der Waals surface area (Å²) in [5.41, 5.74) is -0.250. The van der Waals surface area contributed by atoms with E-state index in [9.17, 15) is 22.4 Å². The Balaban J connectivity index is 1.76. The highest BCUT2D eigenvalue weighted by atomic mass is 35.5. The number of sulfonamides is 1. The van der Waals surface area contributed by atoms with E-state index in [2.05, 4.69) is 0 Å². The molecule has 0 unspecified atom stereocenters. The number of benzene rings is 2. The van der Waals surface area contributed by atoms with Gasteiger partial charge in [-0.1, -0.05) is 36.6 Å². The predicted octanol–water partition coefficient (Wildman–Crippen LogP) is 4.08. The van der Waals surface area contributed by atoms with Crippen molar-refractivity contribution < 1.29 is 27.1 Å². The molecule has 6 nitrogen and oxygen atoms in total. The van der Waals surface area contributed by atoms with E-state index < -0.39 is 34.2 Å². The molecule has 0 N–H and O–H groups in total. The molecule has 0 aliphatic carbocycles. The molecule has 1 fully saturated rings. The molecule has 0 saturated carbocycles. The van der Waals surface area contributed by atoms with Crippen LogP contribution in [-0.2, 0) is 14.8 Å². The van der Waals surface area contributed by atoms with Gasteiger partial charge in [-0.15, -0.1) is 0 Å². The van der Waals surface area contributed by atoms with Gasteiger partial charge in [0, 0.05) is 13.1 Å². The molecule has 2 aromatic carbocycles. The summed E-state index contributed by atoms with van der Waals surface area (Å²) in [4.78, 5) is 24.3. The van der Waals surface area contributed by atoms with Crippen LogP contribution in [0.3, 0.4) is 0 Å².